The number of nitrogens with two attached hydrogens (primary N) is 1. The molecule has 0 radical (unpaired) electrons. The zero-order chi connectivity index (χ0) is 10.7. The molecule has 0 amide bonds. The fourth-order valence-corrected chi connectivity index (χ4v) is 1.58. The van der Waals surface area contributed by atoms with Crippen LogP contribution in [-0.4, -0.2) is 24.4 Å². The molecule has 1 heterocycles. The highest BCUT2D eigenvalue weighted by Crippen LogP contribution is 2.25. The summed E-state index contributed by atoms with van der Waals surface area (Å²) in [7, 11) is 0. The van der Waals surface area contributed by atoms with Gasteiger partial charge in [0.05, 0.1) is 6.61 Å². The summed E-state index contributed by atoms with van der Waals surface area (Å²) in [6.07, 6.45) is -0.138. The molecule has 1 aliphatic heterocycles. The van der Waals surface area contributed by atoms with Crippen LogP contribution < -0.4 is 5.73 Å². The van der Waals surface area contributed by atoms with Gasteiger partial charge in [-0.2, -0.15) is 0 Å². The van der Waals surface area contributed by atoms with Crippen molar-refractivity contribution in [3.8, 4) is 0 Å². The van der Waals surface area contributed by atoms with Crippen molar-refractivity contribution in [3.05, 3.63) is 35.4 Å². The van der Waals surface area contributed by atoms with Crippen molar-refractivity contribution in [1.82, 2.24) is 0 Å². The van der Waals surface area contributed by atoms with Gasteiger partial charge in [-0.1, -0.05) is 29.4 Å². The molecule has 1 aliphatic rings. The third-order valence-corrected chi connectivity index (χ3v) is 2.31. The van der Waals surface area contributed by atoms with Crippen molar-refractivity contribution in [1.29, 1.82) is 0 Å². The van der Waals surface area contributed by atoms with Crippen LogP contribution in [0.5, 0.6) is 0 Å². The molecule has 5 nitrogen and oxygen atoms in total. The molecule has 1 aromatic carbocycles. The molecule has 1 atom stereocenters. The molecular formula is C10H12N2O3. The lowest BCUT2D eigenvalue weighted by atomic mass is 10.0. The molecule has 0 saturated carbocycles. The molecule has 1 saturated heterocycles. The van der Waals surface area contributed by atoms with Gasteiger partial charge in [-0.25, -0.2) is 0 Å². The first-order chi connectivity index (χ1) is 7.33. The van der Waals surface area contributed by atoms with Gasteiger partial charge in [0.25, 0.3) is 0 Å². The average molecular weight is 208 g/mol. The van der Waals surface area contributed by atoms with Gasteiger partial charge in [-0.3, -0.25) is 0 Å². The second-order valence-corrected chi connectivity index (χ2v) is 3.22. The summed E-state index contributed by atoms with van der Waals surface area (Å²) in [5.74, 6) is 0.0844. The smallest absolute Gasteiger partial charge is 0.170 e. The van der Waals surface area contributed by atoms with Crippen LogP contribution in [-0.2, 0) is 9.47 Å². The Morgan fingerprint density at radius 1 is 1.47 bits per heavy atom. The molecule has 15 heavy (non-hydrogen) atoms. The topological polar surface area (TPSA) is 77.1 Å². The van der Waals surface area contributed by atoms with E-state index in [9.17, 15) is 0 Å². The average Bonchev–Trinajstić information content (AvgIpc) is 2.81. The Morgan fingerprint density at radius 2 is 2.27 bits per heavy atom. The molecule has 0 spiro atoms. The maximum atomic E-state index is 8.65. The third-order valence-electron chi connectivity index (χ3n) is 2.31. The minimum absolute atomic E-state index is 0.0844. The van der Waals surface area contributed by atoms with Crippen LogP contribution in [0.3, 0.4) is 0 Å². The summed E-state index contributed by atoms with van der Waals surface area (Å²) in [5, 5.41) is 11.6. The second-order valence-electron chi connectivity index (χ2n) is 3.22. The highest BCUT2D eigenvalue weighted by atomic mass is 16.7. The Hall–Kier alpha value is -1.59. The van der Waals surface area contributed by atoms with Gasteiger partial charge in [0.1, 0.15) is 12.9 Å². The number of hydrogen-bond acceptors (Lipinski definition) is 4. The van der Waals surface area contributed by atoms with Crippen molar-refractivity contribution in [2.75, 3.05) is 13.4 Å². The molecule has 0 aromatic heterocycles. The highest BCUT2D eigenvalue weighted by molar-refractivity contribution is 5.98. The maximum Gasteiger partial charge on any atom is 0.170 e. The molecule has 0 aliphatic carbocycles. The van der Waals surface area contributed by atoms with E-state index in [1.807, 2.05) is 18.2 Å². The van der Waals surface area contributed by atoms with Crippen LogP contribution in [0.2, 0.25) is 0 Å². The SMILES string of the molecule is NC(=NO)c1ccccc1C1COCO1. The van der Waals surface area contributed by atoms with E-state index in [4.69, 9.17) is 20.4 Å². The number of nitrogens with zero attached hydrogens (tertiary/aromatic N) is 1. The first kappa shape index (κ1) is 9.95. The Bertz CT molecular complexity index is 373. The van der Waals surface area contributed by atoms with Gasteiger partial charge in [0.15, 0.2) is 5.84 Å². The van der Waals surface area contributed by atoms with Gasteiger partial charge in [-0.15, -0.1) is 0 Å². The number of hydrogen-bond donors (Lipinski definition) is 2. The lowest BCUT2D eigenvalue weighted by Crippen LogP contribution is -2.17. The predicted octanol–water partition coefficient (Wildman–Crippen LogP) is 0.827. The van der Waals surface area contributed by atoms with Crippen LogP contribution in [0.1, 0.15) is 17.2 Å². The molecular weight excluding hydrogens is 196 g/mol. The molecule has 1 fully saturated rings. The summed E-state index contributed by atoms with van der Waals surface area (Å²) in [6.45, 7) is 0.783. The summed E-state index contributed by atoms with van der Waals surface area (Å²) in [6, 6.07) is 7.37. The number of ether oxygens (including phenoxy) is 2. The van der Waals surface area contributed by atoms with Crippen LogP contribution in [0.25, 0.3) is 0 Å². The third kappa shape index (κ3) is 1.93. The van der Waals surface area contributed by atoms with Crippen molar-refractivity contribution in [2.45, 2.75) is 6.10 Å². The van der Waals surface area contributed by atoms with E-state index in [0.29, 0.717) is 12.2 Å². The largest absolute Gasteiger partial charge is 0.409 e. The first-order valence-corrected chi connectivity index (χ1v) is 4.59. The van der Waals surface area contributed by atoms with Crippen molar-refractivity contribution < 1.29 is 14.7 Å². The fourth-order valence-electron chi connectivity index (χ4n) is 1.58. The van der Waals surface area contributed by atoms with Crippen LogP contribution in [0, 0.1) is 0 Å². The van der Waals surface area contributed by atoms with E-state index in [1.54, 1.807) is 6.07 Å². The Balaban J connectivity index is 2.37. The number of rotatable bonds is 2. The number of oxime groups is 1. The maximum absolute atomic E-state index is 8.65. The summed E-state index contributed by atoms with van der Waals surface area (Å²) in [4.78, 5) is 0. The minimum Gasteiger partial charge on any atom is -0.409 e. The first-order valence-electron chi connectivity index (χ1n) is 4.59. The molecule has 3 N–H and O–H groups in total. The van der Waals surface area contributed by atoms with Crippen LogP contribution in [0.15, 0.2) is 29.4 Å². The predicted molar refractivity (Wildman–Crippen MR) is 53.6 cm³/mol. The van der Waals surface area contributed by atoms with E-state index in [1.165, 1.54) is 0 Å². The van der Waals surface area contributed by atoms with Gasteiger partial charge in [-0.05, 0) is 5.56 Å². The lowest BCUT2D eigenvalue weighted by molar-refractivity contribution is 0.0465. The molecule has 0 bridgehead atoms. The normalized spacial score (nSPS) is 21.9. The molecule has 1 unspecified atom stereocenters. The van der Waals surface area contributed by atoms with Gasteiger partial charge < -0.3 is 20.4 Å². The fraction of sp³-hybridized carbons (Fsp3) is 0.300. The number of benzene rings is 1. The molecule has 2 rings (SSSR count). The Labute approximate surface area is 87.1 Å². The Kier molecular flexibility index (Phi) is 2.84. The molecule has 1 aromatic rings. The van der Waals surface area contributed by atoms with E-state index in [0.717, 1.165) is 5.56 Å². The van der Waals surface area contributed by atoms with Gasteiger partial charge >= 0.3 is 0 Å². The quantitative estimate of drug-likeness (QED) is 0.326. The van der Waals surface area contributed by atoms with Crippen molar-refractivity contribution in [2.24, 2.45) is 10.9 Å². The summed E-state index contributed by atoms with van der Waals surface area (Å²) >= 11 is 0. The minimum atomic E-state index is -0.138. The summed E-state index contributed by atoms with van der Waals surface area (Å²) in [5.41, 5.74) is 7.12. The zero-order valence-corrected chi connectivity index (χ0v) is 8.09. The summed E-state index contributed by atoms with van der Waals surface area (Å²) < 4.78 is 10.5. The van der Waals surface area contributed by atoms with Crippen molar-refractivity contribution >= 4 is 5.84 Å². The monoisotopic (exact) mass is 208 g/mol. The molecule has 80 valence electrons. The van der Waals surface area contributed by atoms with E-state index >= 15 is 0 Å². The molecule has 5 heteroatoms. The highest BCUT2D eigenvalue weighted by Gasteiger charge is 2.22. The van der Waals surface area contributed by atoms with Gasteiger partial charge in [0.2, 0.25) is 0 Å². The van der Waals surface area contributed by atoms with E-state index in [-0.39, 0.29) is 18.7 Å². The van der Waals surface area contributed by atoms with Crippen molar-refractivity contribution in [3.63, 3.8) is 0 Å². The Morgan fingerprint density at radius 3 is 2.93 bits per heavy atom. The van der Waals surface area contributed by atoms with Gasteiger partial charge in [0, 0.05) is 5.56 Å². The van der Waals surface area contributed by atoms with E-state index < -0.39 is 0 Å². The number of amidine groups is 1. The van der Waals surface area contributed by atoms with E-state index in [2.05, 4.69) is 5.16 Å². The standard InChI is InChI=1S/C10H12N2O3/c11-10(12-13)8-4-2-1-3-7(8)9-5-14-6-15-9/h1-4,9,13H,5-6H2,(H2,11,12). The zero-order valence-electron chi connectivity index (χ0n) is 8.09. The second kappa shape index (κ2) is 4.29. The van der Waals surface area contributed by atoms with Crippen LogP contribution in [0.4, 0.5) is 0 Å². The lowest BCUT2D eigenvalue weighted by Gasteiger charge is -2.12. The van der Waals surface area contributed by atoms with Crippen LogP contribution >= 0.6 is 0 Å².